The maximum absolute atomic E-state index is 12.1. The Morgan fingerprint density at radius 1 is 1.35 bits per heavy atom. The summed E-state index contributed by atoms with van der Waals surface area (Å²) in [6, 6.07) is -0.593. The second-order valence-electron chi connectivity index (χ2n) is 5.73. The molecule has 0 aromatic rings. The summed E-state index contributed by atoms with van der Waals surface area (Å²) in [5, 5.41) is 9.40. The van der Waals surface area contributed by atoms with Gasteiger partial charge in [-0.1, -0.05) is 6.42 Å². The Hall–Kier alpha value is -1.63. The number of aliphatic carboxylic acids is 1. The molecule has 1 aliphatic carbocycles. The predicted molar refractivity (Wildman–Crippen MR) is 66.9 cm³/mol. The number of carbonyl (C=O) groups is 3. The fourth-order valence-electron chi connectivity index (χ4n) is 3.77. The van der Waals surface area contributed by atoms with Gasteiger partial charge in [0.15, 0.2) is 0 Å². The normalized spacial score (nSPS) is 33.3. The molecule has 0 bridgehead atoms. The number of carboxylic acids is 1. The van der Waals surface area contributed by atoms with Gasteiger partial charge in [0, 0.05) is 6.54 Å². The average Bonchev–Trinajstić information content (AvgIpc) is 3.03. The molecule has 2 heterocycles. The lowest BCUT2D eigenvalue weighted by Crippen LogP contribution is -2.46. The highest BCUT2D eigenvalue weighted by atomic mass is 16.6. The van der Waals surface area contributed by atoms with E-state index < -0.39 is 18.1 Å². The summed E-state index contributed by atoms with van der Waals surface area (Å²) in [5.74, 6) is -0.713. The first kappa shape index (κ1) is 13.4. The SMILES string of the molecule is O=C(O)C1C2CCCC2CN1CC(=O)N1CCOC1=O. The number of imide groups is 1. The number of likely N-dealkylation sites (tertiary alicyclic amines) is 1. The topological polar surface area (TPSA) is 87.2 Å². The summed E-state index contributed by atoms with van der Waals surface area (Å²) < 4.78 is 4.73. The zero-order chi connectivity index (χ0) is 14.3. The van der Waals surface area contributed by atoms with Crippen molar-refractivity contribution < 1.29 is 24.2 Å². The van der Waals surface area contributed by atoms with Gasteiger partial charge in [-0.15, -0.1) is 0 Å². The van der Waals surface area contributed by atoms with E-state index in [0.29, 0.717) is 12.5 Å². The van der Waals surface area contributed by atoms with Crippen LogP contribution in [0, 0.1) is 11.8 Å². The van der Waals surface area contributed by atoms with E-state index in [0.717, 1.165) is 24.2 Å². The predicted octanol–water partition coefficient (Wildman–Crippen LogP) is 0.150. The van der Waals surface area contributed by atoms with Crippen LogP contribution in [0.1, 0.15) is 19.3 Å². The van der Waals surface area contributed by atoms with Crippen LogP contribution in [-0.4, -0.2) is 65.2 Å². The molecule has 3 unspecified atom stereocenters. The lowest BCUT2D eigenvalue weighted by Gasteiger charge is -2.24. The number of hydrogen-bond donors (Lipinski definition) is 1. The van der Waals surface area contributed by atoms with Crippen LogP contribution in [0.3, 0.4) is 0 Å². The zero-order valence-corrected chi connectivity index (χ0v) is 11.2. The van der Waals surface area contributed by atoms with E-state index in [4.69, 9.17) is 4.74 Å². The monoisotopic (exact) mass is 282 g/mol. The fourth-order valence-corrected chi connectivity index (χ4v) is 3.77. The van der Waals surface area contributed by atoms with Crippen molar-refractivity contribution in [2.75, 3.05) is 26.2 Å². The molecule has 1 saturated carbocycles. The lowest BCUT2D eigenvalue weighted by molar-refractivity contribution is -0.144. The largest absolute Gasteiger partial charge is 0.480 e. The number of nitrogens with zero attached hydrogens (tertiary/aromatic N) is 2. The molecule has 2 amide bonds. The van der Waals surface area contributed by atoms with Gasteiger partial charge in [0.25, 0.3) is 0 Å². The first-order valence-corrected chi connectivity index (χ1v) is 7.02. The molecular formula is C13H18N2O5. The van der Waals surface area contributed by atoms with Crippen molar-refractivity contribution in [1.82, 2.24) is 9.80 Å². The fraction of sp³-hybridized carbons (Fsp3) is 0.769. The van der Waals surface area contributed by atoms with Gasteiger partial charge >= 0.3 is 12.1 Å². The highest BCUT2D eigenvalue weighted by Gasteiger charge is 2.48. The van der Waals surface area contributed by atoms with E-state index in [1.165, 1.54) is 0 Å². The smallest absolute Gasteiger partial charge is 0.416 e. The van der Waals surface area contributed by atoms with Crippen LogP contribution in [0.5, 0.6) is 0 Å². The quantitative estimate of drug-likeness (QED) is 0.793. The second kappa shape index (κ2) is 5.05. The van der Waals surface area contributed by atoms with Crippen LogP contribution < -0.4 is 0 Å². The lowest BCUT2D eigenvalue weighted by atomic mass is 9.94. The van der Waals surface area contributed by atoms with E-state index in [1.54, 1.807) is 4.90 Å². The van der Waals surface area contributed by atoms with Gasteiger partial charge < -0.3 is 9.84 Å². The van der Waals surface area contributed by atoms with Crippen molar-refractivity contribution in [3.05, 3.63) is 0 Å². The molecule has 7 nitrogen and oxygen atoms in total. The third-order valence-electron chi connectivity index (χ3n) is 4.64. The molecule has 3 rings (SSSR count). The van der Waals surface area contributed by atoms with E-state index in [2.05, 4.69) is 0 Å². The second-order valence-corrected chi connectivity index (χ2v) is 5.73. The Labute approximate surface area is 116 Å². The highest BCUT2D eigenvalue weighted by molar-refractivity contribution is 5.94. The summed E-state index contributed by atoms with van der Waals surface area (Å²) >= 11 is 0. The summed E-state index contributed by atoms with van der Waals surface area (Å²) in [7, 11) is 0. The van der Waals surface area contributed by atoms with Crippen molar-refractivity contribution >= 4 is 18.0 Å². The molecule has 3 aliphatic rings. The molecule has 2 aliphatic heterocycles. The van der Waals surface area contributed by atoms with Gasteiger partial charge in [0.1, 0.15) is 12.6 Å². The van der Waals surface area contributed by atoms with Crippen molar-refractivity contribution in [2.24, 2.45) is 11.8 Å². The molecule has 3 fully saturated rings. The number of amides is 2. The van der Waals surface area contributed by atoms with Crippen LogP contribution in [0.2, 0.25) is 0 Å². The first-order valence-electron chi connectivity index (χ1n) is 7.02. The number of hydrogen-bond acceptors (Lipinski definition) is 5. The molecule has 1 N–H and O–H groups in total. The Bertz CT molecular complexity index is 452. The van der Waals surface area contributed by atoms with E-state index in [-0.39, 0.29) is 31.5 Å². The number of fused-ring (bicyclic) bond motifs is 1. The van der Waals surface area contributed by atoms with Crippen molar-refractivity contribution in [3.8, 4) is 0 Å². The van der Waals surface area contributed by atoms with Gasteiger partial charge in [0.05, 0.1) is 13.1 Å². The zero-order valence-electron chi connectivity index (χ0n) is 11.2. The molecule has 0 aromatic carbocycles. The van der Waals surface area contributed by atoms with E-state index in [9.17, 15) is 19.5 Å². The molecule has 110 valence electrons. The Morgan fingerprint density at radius 3 is 2.80 bits per heavy atom. The molecule has 20 heavy (non-hydrogen) atoms. The van der Waals surface area contributed by atoms with Crippen LogP contribution in [0.25, 0.3) is 0 Å². The summed E-state index contributed by atoms with van der Waals surface area (Å²) in [4.78, 5) is 37.7. The minimum Gasteiger partial charge on any atom is -0.480 e. The first-order chi connectivity index (χ1) is 9.58. The molecular weight excluding hydrogens is 264 g/mol. The van der Waals surface area contributed by atoms with Gasteiger partial charge in [-0.25, -0.2) is 9.69 Å². The summed E-state index contributed by atoms with van der Waals surface area (Å²) in [5.41, 5.74) is 0. The van der Waals surface area contributed by atoms with Crippen molar-refractivity contribution in [3.63, 3.8) is 0 Å². The summed E-state index contributed by atoms with van der Waals surface area (Å²) in [6.07, 6.45) is 2.39. The van der Waals surface area contributed by atoms with Gasteiger partial charge in [0.2, 0.25) is 5.91 Å². The molecule has 3 atom stereocenters. The van der Waals surface area contributed by atoms with Crippen LogP contribution in [0.15, 0.2) is 0 Å². The van der Waals surface area contributed by atoms with Gasteiger partial charge in [-0.2, -0.15) is 0 Å². The number of carboxylic acid groups (broad SMARTS) is 1. The minimum absolute atomic E-state index is 0.0148. The van der Waals surface area contributed by atoms with Crippen LogP contribution in [0.4, 0.5) is 4.79 Å². The number of ether oxygens (including phenoxy) is 1. The molecule has 7 heteroatoms. The Kier molecular flexibility index (Phi) is 3.37. The van der Waals surface area contributed by atoms with Crippen molar-refractivity contribution in [2.45, 2.75) is 25.3 Å². The van der Waals surface area contributed by atoms with Crippen LogP contribution >= 0.6 is 0 Å². The number of cyclic esters (lactones) is 1. The maximum Gasteiger partial charge on any atom is 0.416 e. The van der Waals surface area contributed by atoms with Crippen LogP contribution in [-0.2, 0) is 14.3 Å². The average molecular weight is 282 g/mol. The summed E-state index contributed by atoms with van der Waals surface area (Å²) in [6.45, 7) is 1.10. The van der Waals surface area contributed by atoms with Gasteiger partial charge in [-0.05, 0) is 24.7 Å². The highest BCUT2D eigenvalue weighted by Crippen LogP contribution is 2.42. The number of rotatable bonds is 3. The maximum atomic E-state index is 12.1. The molecule has 2 saturated heterocycles. The standard InChI is InChI=1S/C13H18N2O5/c16-10(15-4-5-20-13(15)19)7-14-6-8-2-1-3-9(8)11(14)12(17)18/h8-9,11H,1-7H2,(H,17,18). The minimum atomic E-state index is -0.865. The third kappa shape index (κ3) is 2.15. The van der Waals surface area contributed by atoms with E-state index in [1.807, 2.05) is 0 Å². The molecule has 0 radical (unpaired) electrons. The molecule has 0 aromatic heterocycles. The third-order valence-corrected chi connectivity index (χ3v) is 4.64. The number of carbonyl (C=O) groups excluding carboxylic acids is 2. The van der Waals surface area contributed by atoms with E-state index >= 15 is 0 Å². The van der Waals surface area contributed by atoms with Gasteiger partial charge in [-0.3, -0.25) is 14.5 Å². The molecule has 0 spiro atoms. The Morgan fingerprint density at radius 2 is 2.15 bits per heavy atom. The van der Waals surface area contributed by atoms with Crippen molar-refractivity contribution in [1.29, 1.82) is 0 Å². The Balaban J connectivity index is 1.68.